The first-order valence-corrected chi connectivity index (χ1v) is 4.35. The lowest BCUT2D eigenvalue weighted by Crippen LogP contribution is -2.18. The third kappa shape index (κ3) is 2.12. The molecule has 1 rings (SSSR count). The van der Waals surface area contributed by atoms with Gasteiger partial charge in [-0.15, -0.1) is 0 Å². The van der Waals surface area contributed by atoms with Gasteiger partial charge in [0.15, 0.2) is 0 Å². The molecule has 0 saturated heterocycles. The fraction of sp³-hybridized carbons (Fsp3) is 0.364. The molecule has 14 heavy (non-hydrogen) atoms. The summed E-state index contributed by atoms with van der Waals surface area (Å²) in [5.74, 6) is 0.632. The highest BCUT2D eigenvalue weighted by atomic mass is 16.5. The minimum atomic E-state index is -1.04. The molecule has 3 nitrogen and oxygen atoms in total. The second kappa shape index (κ2) is 3.80. The molecule has 0 fully saturated rings. The van der Waals surface area contributed by atoms with Gasteiger partial charge in [-0.05, 0) is 37.6 Å². The molecule has 0 heterocycles. The number of rotatable bonds is 3. The minimum Gasteiger partial charge on any atom is -0.497 e. The maximum atomic E-state index is 10.7. The first kappa shape index (κ1) is 10.7. The molecule has 1 N–H and O–H groups in total. The Morgan fingerprint density at radius 3 is 2.50 bits per heavy atom. The van der Waals surface area contributed by atoms with Gasteiger partial charge in [-0.25, -0.2) is 0 Å². The fourth-order valence-electron chi connectivity index (χ4n) is 1.29. The highest BCUT2D eigenvalue weighted by Gasteiger charge is 2.20. The van der Waals surface area contributed by atoms with Crippen molar-refractivity contribution in [3.63, 3.8) is 0 Å². The summed E-state index contributed by atoms with van der Waals surface area (Å²) < 4.78 is 5.02. The topological polar surface area (TPSA) is 46.5 Å². The smallest absolute Gasteiger partial charge is 0.150 e. The summed E-state index contributed by atoms with van der Waals surface area (Å²) in [6, 6.07) is 5.00. The summed E-state index contributed by atoms with van der Waals surface area (Å²) >= 11 is 0. The zero-order valence-corrected chi connectivity index (χ0v) is 8.57. The van der Waals surface area contributed by atoms with Crippen LogP contribution >= 0.6 is 0 Å². The van der Waals surface area contributed by atoms with E-state index in [9.17, 15) is 9.90 Å². The molecule has 1 aromatic rings. The number of hydrogen-bond donors (Lipinski definition) is 1. The minimum absolute atomic E-state index is 0.485. The average molecular weight is 194 g/mol. The molecule has 0 aliphatic carbocycles. The van der Waals surface area contributed by atoms with Gasteiger partial charge in [0.05, 0.1) is 12.7 Å². The van der Waals surface area contributed by atoms with Gasteiger partial charge in [0.2, 0.25) is 0 Å². The van der Waals surface area contributed by atoms with Gasteiger partial charge >= 0.3 is 0 Å². The predicted molar refractivity (Wildman–Crippen MR) is 53.6 cm³/mol. The molecule has 76 valence electrons. The highest BCUT2D eigenvalue weighted by Crippen LogP contribution is 2.26. The molecule has 0 bridgehead atoms. The van der Waals surface area contributed by atoms with Gasteiger partial charge in [0, 0.05) is 5.56 Å². The van der Waals surface area contributed by atoms with Crippen molar-refractivity contribution >= 4 is 6.29 Å². The average Bonchev–Trinajstić information content (AvgIpc) is 2.15. The van der Waals surface area contributed by atoms with E-state index in [1.165, 1.54) is 0 Å². The van der Waals surface area contributed by atoms with Gasteiger partial charge in [0.1, 0.15) is 12.0 Å². The molecule has 1 aromatic carbocycles. The van der Waals surface area contributed by atoms with Crippen LogP contribution in [0, 0.1) is 0 Å². The van der Waals surface area contributed by atoms with Crippen LogP contribution in [0.1, 0.15) is 29.8 Å². The van der Waals surface area contributed by atoms with Crippen LogP contribution < -0.4 is 4.74 Å². The summed E-state index contributed by atoms with van der Waals surface area (Å²) in [6.07, 6.45) is 0.729. The van der Waals surface area contributed by atoms with Crippen LogP contribution in [0.4, 0.5) is 0 Å². The van der Waals surface area contributed by atoms with Crippen LogP contribution in [0.2, 0.25) is 0 Å². The van der Waals surface area contributed by atoms with E-state index in [0.717, 1.165) is 6.29 Å². The molecule has 0 amide bonds. The Balaban J connectivity index is 3.29. The van der Waals surface area contributed by atoms with Crippen molar-refractivity contribution < 1.29 is 14.6 Å². The lowest BCUT2D eigenvalue weighted by Gasteiger charge is -2.20. The Morgan fingerprint density at radius 2 is 2.07 bits per heavy atom. The molecular weight excluding hydrogens is 180 g/mol. The molecule has 0 unspecified atom stereocenters. The second-order valence-corrected chi connectivity index (χ2v) is 3.63. The Morgan fingerprint density at radius 1 is 1.43 bits per heavy atom. The summed E-state index contributed by atoms with van der Waals surface area (Å²) in [7, 11) is 1.55. The molecule has 0 saturated carbocycles. The second-order valence-electron chi connectivity index (χ2n) is 3.63. The van der Waals surface area contributed by atoms with E-state index in [-0.39, 0.29) is 0 Å². The number of carbonyl (C=O) groups excluding carboxylic acids is 1. The van der Waals surface area contributed by atoms with Gasteiger partial charge in [-0.3, -0.25) is 4.79 Å². The largest absolute Gasteiger partial charge is 0.497 e. The molecule has 0 radical (unpaired) electrons. The lowest BCUT2D eigenvalue weighted by molar-refractivity contribution is 0.0765. The van der Waals surface area contributed by atoms with E-state index >= 15 is 0 Å². The lowest BCUT2D eigenvalue weighted by atomic mass is 9.93. The van der Waals surface area contributed by atoms with E-state index in [4.69, 9.17) is 4.74 Å². The maximum absolute atomic E-state index is 10.7. The number of hydrogen-bond acceptors (Lipinski definition) is 3. The maximum Gasteiger partial charge on any atom is 0.150 e. The van der Waals surface area contributed by atoms with Crippen LogP contribution in [0.25, 0.3) is 0 Å². The van der Waals surface area contributed by atoms with Crippen LogP contribution in [0.15, 0.2) is 18.2 Å². The number of ether oxygens (including phenoxy) is 1. The SMILES string of the molecule is COc1ccc(C=O)c(C(C)(C)O)c1. The number of methoxy groups -OCH3 is 1. The molecule has 0 aromatic heterocycles. The fourth-order valence-corrected chi connectivity index (χ4v) is 1.29. The van der Waals surface area contributed by atoms with Crippen LogP contribution in [-0.2, 0) is 5.60 Å². The Bertz CT molecular complexity index is 337. The number of carbonyl (C=O) groups is 1. The van der Waals surface area contributed by atoms with Crippen molar-refractivity contribution in [1.29, 1.82) is 0 Å². The molecule has 0 aliphatic rings. The molecule has 3 heteroatoms. The number of aliphatic hydroxyl groups is 1. The summed E-state index contributed by atoms with van der Waals surface area (Å²) in [5.41, 5.74) is 0.0234. The molecular formula is C11H14O3. The van der Waals surface area contributed by atoms with Crippen LogP contribution in [-0.4, -0.2) is 18.5 Å². The standard InChI is InChI=1S/C11H14O3/c1-11(2,13)10-6-9(14-3)5-4-8(10)7-12/h4-7,13H,1-3H3. The Kier molecular flexibility index (Phi) is 2.91. The molecule has 0 atom stereocenters. The summed E-state index contributed by atoms with van der Waals surface area (Å²) in [4.78, 5) is 10.7. The van der Waals surface area contributed by atoms with Crippen molar-refractivity contribution in [2.24, 2.45) is 0 Å². The number of benzene rings is 1. The quantitative estimate of drug-likeness (QED) is 0.745. The normalized spacial score (nSPS) is 11.1. The molecule has 0 aliphatic heterocycles. The van der Waals surface area contributed by atoms with Crippen molar-refractivity contribution in [2.45, 2.75) is 19.4 Å². The van der Waals surface area contributed by atoms with E-state index in [2.05, 4.69) is 0 Å². The van der Waals surface area contributed by atoms with E-state index in [1.54, 1.807) is 39.2 Å². The third-order valence-corrected chi connectivity index (χ3v) is 2.05. The zero-order chi connectivity index (χ0) is 10.8. The van der Waals surface area contributed by atoms with Gasteiger partial charge in [-0.1, -0.05) is 0 Å². The van der Waals surface area contributed by atoms with Gasteiger partial charge in [-0.2, -0.15) is 0 Å². The predicted octanol–water partition coefficient (Wildman–Crippen LogP) is 1.74. The van der Waals surface area contributed by atoms with Crippen molar-refractivity contribution in [3.8, 4) is 5.75 Å². The zero-order valence-electron chi connectivity index (χ0n) is 8.57. The summed E-state index contributed by atoms with van der Waals surface area (Å²) in [5, 5.41) is 9.81. The van der Waals surface area contributed by atoms with E-state index in [0.29, 0.717) is 16.9 Å². The molecule has 0 spiro atoms. The van der Waals surface area contributed by atoms with Gasteiger partial charge < -0.3 is 9.84 Å². The first-order valence-electron chi connectivity index (χ1n) is 4.35. The highest BCUT2D eigenvalue weighted by molar-refractivity contribution is 5.78. The third-order valence-electron chi connectivity index (χ3n) is 2.05. The van der Waals surface area contributed by atoms with Crippen molar-refractivity contribution in [2.75, 3.05) is 7.11 Å². The Hall–Kier alpha value is -1.35. The van der Waals surface area contributed by atoms with Crippen LogP contribution in [0.5, 0.6) is 5.75 Å². The number of aldehydes is 1. The van der Waals surface area contributed by atoms with E-state index in [1.807, 2.05) is 0 Å². The summed E-state index contributed by atoms with van der Waals surface area (Å²) in [6.45, 7) is 3.27. The monoisotopic (exact) mass is 194 g/mol. The Labute approximate surface area is 83.3 Å². The van der Waals surface area contributed by atoms with Crippen LogP contribution in [0.3, 0.4) is 0 Å². The van der Waals surface area contributed by atoms with Crippen molar-refractivity contribution in [1.82, 2.24) is 0 Å². The van der Waals surface area contributed by atoms with Crippen molar-refractivity contribution in [3.05, 3.63) is 29.3 Å². The van der Waals surface area contributed by atoms with Gasteiger partial charge in [0.25, 0.3) is 0 Å². The first-order chi connectivity index (χ1) is 6.49. The van der Waals surface area contributed by atoms with E-state index < -0.39 is 5.60 Å².